The SMILES string of the molecule is c1ccc(C(=C(c2ccccc2)c2ccc(OC3CCCCO3)cc2)c2ccccc2)cc1. The summed E-state index contributed by atoms with van der Waals surface area (Å²) in [6, 6.07) is 40.3. The first kappa shape index (κ1) is 21.2. The summed E-state index contributed by atoms with van der Waals surface area (Å²) < 4.78 is 11.8. The number of ether oxygens (including phenoxy) is 2. The van der Waals surface area contributed by atoms with E-state index in [9.17, 15) is 0 Å². The first-order valence-electron chi connectivity index (χ1n) is 11.7. The predicted octanol–water partition coefficient (Wildman–Crippen LogP) is 7.60. The highest BCUT2D eigenvalue weighted by Crippen LogP contribution is 2.37. The third kappa shape index (κ3) is 5.08. The molecule has 164 valence electrons. The van der Waals surface area contributed by atoms with Gasteiger partial charge >= 0.3 is 0 Å². The molecule has 0 spiro atoms. The highest BCUT2D eigenvalue weighted by Gasteiger charge is 2.18. The van der Waals surface area contributed by atoms with E-state index in [1.54, 1.807) is 0 Å². The molecule has 1 aliphatic heterocycles. The number of hydrogen-bond acceptors (Lipinski definition) is 2. The summed E-state index contributed by atoms with van der Waals surface area (Å²) in [6.07, 6.45) is 3.08. The molecule has 2 heteroatoms. The second-order valence-electron chi connectivity index (χ2n) is 8.29. The van der Waals surface area contributed by atoms with E-state index in [0.29, 0.717) is 0 Å². The molecule has 0 aromatic heterocycles. The Hall–Kier alpha value is -3.62. The zero-order chi connectivity index (χ0) is 22.3. The lowest BCUT2D eigenvalue weighted by Gasteiger charge is -2.23. The lowest BCUT2D eigenvalue weighted by atomic mass is 9.86. The molecule has 0 amide bonds. The van der Waals surface area contributed by atoms with Gasteiger partial charge in [0.15, 0.2) is 6.29 Å². The quantitative estimate of drug-likeness (QED) is 0.292. The van der Waals surface area contributed by atoms with Gasteiger partial charge in [0.1, 0.15) is 5.75 Å². The Morgan fingerprint density at radius 1 is 0.545 bits per heavy atom. The van der Waals surface area contributed by atoms with E-state index < -0.39 is 0 Å². The van der Waals surface area contributed by atoms with Gasteiger partial charge in [-0.05, 0) is 58.4 Å². The smallest absolute Gasteiger partial charge is 0.199 e. The molecular formula is C31H28O2. The molecule has 2 nitrogen and oxygen atoms in total. The minimum atomic E-state index is -0.141. The largest absolute Gasteiger partial charge is 0.465 e. The molecular weight excluding hydrogens is 404 g/mol. The lowest BCUT2D eigenvalue weighted by molar-refractivity contribution is -0.105. The van der Waals surface area contributed by atoms with Crippen molar-refractivity contribution in [1.82, 2.24) is 0 Å². The van der Waals surface area contributed by atoms with E-state index in [4.69, 9.17) is 9.47 Å². The topological polar surface area (TPSA) is 18.5 Å². The molecule has 33 heavy (non-hydrogen) atoms. The van der Waals surface area contributed by atoms with E-state index in [1.165, 1.54) is 27.8 Å². The summed E-state index contributed by atoms with van der Waals surface area (Å²) in [4.78, 5) is 0. The Bertz CT molecular complexity index is 1130. The zero-order valence-electron chi connectivity index (χ0n) is 18.7. The van der Waals surface area contributed by atoms with Gasteiger partial charge in [-0.2, -0.15) is 0 Å². The van der Waals surface area contributed by atoms with Crippen molar-refractivity contribution < 1.29 is 9.47 Å². The van der Waals surface area contributed by atoms with Crippen molar-refractivity contribution in [1.29, 1.82) is 0 Å². The maximum absolute atomic E-state index is 6.09. The van der Waals surface area contributed by atoms with Crippen molar-refractivity contribution in [3.05, 3.63) is 138 Å². The maximum Gasteiger partial charge on any atom is 0.199 e. The molecule has 1 unspecified atom stereocenters. The van der Waals surface area contributed by atoms with E-state index in [0.717, 1.165) is 37.2 Å². The van der Waals surface area contributed by atoms with Gasteiger partial charge in [0, 0.05) is 6.42 Å². The number of benzene rings is 4. The Balaban J connectivity index is 1.63. The highest BCUT2D eigenvalue weighted by atomic mass is 16.7. The van der Waals surface area contributed by atoms with Crippen LogP contribution >= 0.6 is 0 Å². The molecule has 0 aliphatic carbocycles. The van der Waals surface area contributed by atoms with Crippen LogP contribution in [-0.4, -0.2) is 12.9 Å². The molecule has 4 aromatic rings. The van der Waals surface area contributed by atoms with Gasteiger partial charge in [-0.1, -0.05) is 103 Å². The van der Waals surface area contributed by atoms with Crippen LogP contribution in [-0.2, 0) is 4.74 Å². The van der Waals surface area contributed by atoms with Crippen molar-refractivity contribution in [2.45, 2.75) is 25.6 Å². The van der Waals surface area contributed by atoms with Crippen molar-refractivity contribution in [2.24, 2.45) is 0 Å². The Morgan fingerprint density at radius 2 is 1.00 bits per heavy atom. The third-order valence-corrected chi connectivity index (χ3v) is 5.99. The Morgan fingerprint density at radius 3 is 1.42 bits per heavy atom. The van der Waals surface area contributed by atoms with Crippen molar-refractivity contribution >= 4 is 11.1 Å². The van der Waals surface area contributed by atoms with Gasteiger partial charge in [0.05, 0.1) is 6.61 Å². The second-order valence-corrected chi connectivity index (χ2v) is 8.29. The average molecular weight is 433 g/mol. The highest BCUT2D eigenvalue weighted by molar-refractivity contribution is 6.04. The standard InChI is InChI=1S/C31H28O2/c1-4-12-24(13-5-1)30(25-14-6-2-7-15-25)31(26-16-8-3-9-17-26)27-19-21-28(22-20-27)33-29-18-10-11-23-32-29/h1-9,12-17,19-22,29H,10-11,18,23H2. The maximum atomic E-state index is 6.09. The average Bonchev–Trinajstić information content (AvgIpc) is 2.90. The third-order valence-electron chi connectivity index (χ3n) is 5.99. The van der Waals surface area contributed by atoms with Crippen molar-refractivity contribution in [2.75, 3.05) is 6.61 Å². The lowest BCUT2D eigenvalue weighted by Crippen LogP contribution is -2.24. The van der Waals surface area contributed by atoms with Gasteiger partial charge in [-0.15, -0.1) is 0 Å². The molecule has 0 N–H and O–H groups in total. The van der Waals surface area contributed by atoms with Crippen LogP contribution < -0.4 is 4.74 Å². The van der Waals surface area contributed by atoms with Crippen molar-refractivity contribution in [3.8, 4) is 5.75 Å². The number of hydrogen-bond donors (Lipinski definition) is 0. The molecule has 0 saturated carbocycles. The van der Waals surface area contributed by atoms with Crippen LogP contribution in [0.3, 0.4) is 0 Å². The molecule has 5 rings (SSSR count). The monoisotopic (exact) mass is 432 g/mol. The Labute approximate surface area is 196 Å². The van der Waals surface area contributed by atoms with E-state index >= 15 is 0 Å². The summed E-state index contributed by atoms with van der Waals surface area (Å²) in [5.74, 6) is 0.846. The first-order valence-corrected chi connectivity index (χ1v) is 11.7. The fraction of sp³-hybridized carbons (Fsp3) is 0.161. The van der Waals surface area contributed by atoms with Gasteiger partial charge in [0.25, 0.3) is 0 Å². The normalized spacial score (nSPS) is 15.6. The summed E-state index contributed by atoms with van der Waals surface area (Å²) >= 11 is 0. The van der Waals surface area contributed by atoms with Crippen LogP contribution in [0.2, 0.25) is 0 Å². The van der Waals surface area contributed by atoms with E-state index in [2.05, 4.69) is 115 Å². The fourth-order valence-corrected chi connectivity index (χ4v) is 4.38. The molecule has 0 radical (unpaired) electrons. The van der Waals surface area contributed by atoms with Crippen LogP contribution in [0, 0.1) is 0 Å². The van der Waals surface area contributed by atoms with Crippen LogP contribution in [0.5, 0.6) is 5.75 Å². The second kappa shape index (κ2) is 10.3. The molecule has 1 fully saturated rings. The molecule has 1 atom stereocenters. The molecule has 0 bridgehead atoms. The molecule has 4 aromatic carbocycles. The summed E-state index contributed by atoms with van der Waals surface area (Å²) in [7, 11) is 0. The minimum absolute atomic E-state index is 0.141. The van der Waals surface area contributed by atoms with Crippen LogP contribution in [0.1, 0.15) is 41.5 Å². The van der Waals surface area contributed by atoms with Gasteiger partial charge < -0.3 is 9.47 Å². The van der Waals surface area contributed by atoms with Crippen molar-refractivity contribution in [3.63, 3.8) is 0 Å². The van der Waals surface area contributed by atoms with Crippen LogP contribution in [0.25, 0.3) is 11.1 Å². The Kier molecular flexibility index (Phi) is 6.65. The first-order chi connectivity index (χ1) is 16.4. The fourth-order valence-electron chi connectivity index (χ4n) is 4.38. The van der Waals surface area contributed by atoms with Crippen LogP contribution in [0.15, 0.2) is 115 Å². The van der Waals surface area contributed by atoms with Gasteiger partial charge in [-0.3, -0.25) is 0 Å². The van der Waals surface area contributed by atoms with Gasteiger partial charge in [0.2, 0.25) is 0 Å². The molecule has 1 saturated heterocycles. The van der Waals surface area contributed by atoms with Gasteiger partial charge in [-0.25, -0.2) is 0 Å². The van der Waals surface area contributed by atoms with E-state index in [-0.39, 0.29) is 6.29 Å². The summed E-state index contributed by atoms with van der Waals surface area (Å²) in [5.41, 5.74) is 7.14. The predicted molar refractivity (Wildman–Crippen MR) is 135 cm³/mol. The molecule has 1 aliphatic rings. The summed E-state index contributed by atoms with van der Waals surface area (Å²) in [6.45, 7) is 0.779. The summed E-state index contributed by atoms with van der Waals surface area (Å²) in [5, 5.41) is 0. The molecule has 1 heterocycles. The minimum Gasteiger partial charge on any atom is -0.465 e. The van der Waals surface area contributed by atoms with Crippen LogP contribution in [0.4, 0.5) is 0 Å². The van der Waals surface area contributed by atoms with E-state index in [1.807, 2.05) is 0 Å². The zero-order valence-corrected chi connectivity index (χ0v) is 18.7. The number of rotatable bonds is 6.